The maximum atomic E-state index is 10.7. The van der Waals surface area contributed by atoms with Crippen molar-refractivity contribution in [1.82, 2.24) is 0 Å². The first-order chi connectivity index (χ1) is 4.83. The van der Waals surface area contributed by atoms with Gasteiger partial charge in [-0.05, 0) is 12.8 Å². The van der Waals surface area contributed by atoms with Crippen LogP contribution in [0.2, 0.25) is 0 Å². The quantitative estimate of drug-likeness (QED) is 0.578. The molecule has 0 bridgehead atoms. The largest absolute Gasteiger partial charge is 0.480 e. The average Bonchev–Trinajstić information content (AvgIpc) is 1.84. The SMILES string of the molecule is CC(C)[C@](C)(C(N)=O)C(=O)O. The number of hydrogen-bond donors (Lipinski definition) is 2. The molecule has 1 amide bonds. The second-order valence-corrected chi connectivity index (χ2v) is 3.03. The number of rotatable bonds is 3. The molecule has 0 aromatic carbocycles. The normalized spacial score (nSPS) is 16.0. The van der Waals surface area contributed by atoms with Crippen molar-refractivity contribution in [2.24, 2.45) is 17.1 Å². The third-order valence-corrected chi connectivity index (χ3v) is 2.11. The smallest absolute Gasteiger partial charge is 0.319 e. The highest BCUT2D eigenvalue weighted by Crippen LogP contribution is 2.26. The third-order valence-electron chi connectivity index (χ3n) is 2.11. The Morgan fingerprint density at radius 1 is 1.45 bits per heavy atom. The number of primary amides is 1. The van der Waals surface area contributed by atoms with Crippen molar-refractivity contribution >= 4 is 11.9 Å². The molecule has 0 aromatic heterocycles. The van der Waals surface area contributed by atoms with Gasteiger partial charge in [-0.15, -0.1) is 0 Å². The standard InChI is InChI=1S/C7H13NO3/c1-4(2)7(3,5(8)9)6(10)11/h4H,1-3H3,(H2,8,9)(H,10,11)/t7-/m1/s1. The summed E-state index contributed by atoms with van der Waals surface area (Å²) in [6.45, 7) is 4.64. The molecular weight excluding hydrogens is 146 g/mol. The highest BCUT2D eigenvalue weighted by Gasteiger charge is 2.42. The fraction of sp³-hybridized carbons (Fsp3) is 0.714. The summed E-state index contributed by atoms with van der Waals surface area (Å²) >= 11 is 0. The fourth-order valence-electron chi connectivity index (χ4n) is 0.637. The van der Waals surface area contributed by atoms with Crippen LogP contribution in [0.15, 0.2) is 0 Å². The van der Waals surface area contributed by atoms with E-state index in [1.807, 2.05) is 0 Å². The van der Waals surface area contributed by atoms with Crippen molar-refractivity contribution in [3.63, 3.8) is 0 Å². The minimum absolute atomic E-state index is 0.294. The zero-order valence-corrected chi connectivity index (χ0v) is 6.92. The Hall–Kier alpha value is -1.06. The summed E-state index contributed by atoms with van der Waals surface area (Å²) in [7, 11) is 0. The van der Waals surface area contributed by atoms with E-state index in [0.29, 0.717) is 0 Å². The third kappa shape index (κ3) is 1.50. The Labute approximate surface area is 65.4 Å². The Bertz CT molecular complexity index is 172. The maximum Gasteiger partial charge on any atom is 0.319 e. The topological polar surface area (TPSA) is 80.4 Å². The van der Waals surface area contributed by atoms with E-state index in [9.17, 15) is 9.59 Å². The summed E-state index contributed by atoms with van der Waals surface area (Å²) < 4.78 is 0. The zero-order valence-electron chi connectivity index (χ0n) is 6.92. The zero-order chi connectivity index (χ0) is 9.23. The van der Waals surface area contributed by atoms with Crippen molar-refractivity contribution in [3.05, 3.63) is 0 Å². The molecule has 3 N–H and O–H groups in total. The lowest BCUT2D eigenvalue weighted by Gasteiger charge is -2.24. The first kappa shape index (κ1) is 9.94. The molecule has 0 aliphatic rings. The molecular formula is C7H13NO3. The van der Waals surface area contributed by atoms with E-state index < -0.39 is 17.3 Å². The number of carbonyl (C=O) groups is 2. The summed E-state index contributed by atoms with van der Waals surface area (Å²) in [6.07, 6.45) is 0. The van der Waals surface area contributed by atoms with Gasteiger partial charge in [-0.2, -0.15) is 0 Å². The molecule has 64 valence electrons. The first-order valence-corrected chi connectivity index (χ1v) is 3.36. The fourth-order valence-corrected chi connectivity index (χ4v) is 0.637. The summed E-state index contributed by atoms with van der Waals surface area (Å²) in [4.78, 5) is 21.3. The Kier molecular flexibility index (Phi) is 2.62. The molecule has 0 aliphatic carbocycles. The molecule has 0 heterocycles. The van der Waals surface area contributed by atoms with E-state index in [2.05, 4.69) is 0 Å². The summed E-state index contributed by atoms with van der Waals surface area (Å²) in [6, 6.07) is 0. The van der Waals surface area contributed by atoms with Crippen LogP contribution in [-0.4, -0.2) is 17.0 Å². The van der Waals surface area contributed by atoms with E-state index in [0.717, 1.165) is 0 Å². The van der Waals surface area contributed by atoms with Crippen LogP contribution in [0.5, 0.6) is 0 Å². The van der Waals surface area contributed by atoms with Gasteiger partial charge in [0.15, 0.2) is 0 Å². The molecule has 0 rings (SSSR count). The Morgan fingerprint density at radius 2 is 1.82 bits per heavy atom. The van der Waals surface area contributed by atoms with E-state index in [1.165, 1.54) is 6.92 Å². The van der Waals surface area contributed by atoms with Gasteiger partial charge in [-0.25, -0.2) is 0 Å². The highest BCUT2D eigenvalue weighted by molar-refractivity contribution is 6.00. The van der Waals surface area contributed by atoms with E-state index in [-0.39, 0.29) is 5.92 Å². The number of carboxylic acid groups (broad SMARTS) is 1. The second kappa shape index (κ2) is 2.90. The van der Waals surface area contributed by atoms with Crippen LogP contribution < -0.4 is 5.73 Å². The van der Waals surface area contributed by atoms with Crippen LogP contribution in [0.3, 0.4) is 0 Å². The predicted molar refractivity (Wildman–Crippen MR) is 39.8 cm³/mol. The molecule has 0 fully saturated rings. The summed E-state index contributed by atoms with van der Waals surface area (Å²) in [5.41, 5.74) is 3.51. The average molecular weight is 159 g/mol. The van der Waals surface area contributed by atoms with E-state index >= 15 is 0 Å². The predicted octanol–water partition coefficient (Wildman–Crippen LogP) is 0.219. The minimum atomic E-state index is -1.44. The molecule has 0 saturated heterocycles. The number of amides is 1. The Morgan fingerprint density at radius 3 is 1.82 bits per heavy atom. The molecule has 0 unspecified atom stereocenters. The van der Waals surface area contributed by atoms with Gasteiger partial charge in [0.1, 0.15) is 5.41 Å². The second-order valence-electron chi connectivity index (χ2n) is 3.03. The van der Waals surface area contributed by atoms with Crippen molar-refractivity contribution in [3.8, 4) is 0 Å². The van der Waals surface area contributed by atoms with Gasteiger partial charge >= 0.3 is 5.97 Å². The number of aliphatic carboxylic acids is 1. The summed E-state index contributed by atoms with van der Waals surface area (Å²) in [5, 5.41) is 8.67. The molecule has 0 spiro atoms. The number of hydrogen-bond acceptors (Lipinski definition) is 2. The van der Waals surface area contributed by atoms with Crippen LogP contribution in [-0.2, 0) is 9.59 Å². The van der Waals surface area contributed by atoms with Crippen molar-refractivity contribution in [2.45, 2.75) is 20.8 Å². The van der Waals surface area contributed by atoms with E-state index in [1.54, 1.807) is 13.8 Å². The van der Waals surface area contributed by atoms with Gasteiger partial charge in [-0.3, -0.25) is 9.59 Å². The lowest BCUT2D eigenvalue weighted by atomic mass is 9.78. The van der Waals surface area contributed by atoms with E-state index in [4.69, 9.17) is 10.8 Å². The monoisotopic (exact) mass is 159 g/mol. The molecule has 0 saturated carbocycles. The maximum absolute atomic E-state index is 10.7. The van der Waals surface area contributed by atoms with Gasteiger partial charge in [0.2, 0.25) is 5.91 Å². The van der Waals surface area contributed by atoms with Gasteiger partial charge in [-0.1, -0.05) is 13.8 Å². The van der Waals surface area contributed by atoms with Crippen LogP contribution in [0, 0.1) is 11.3 Å². The van der Waals surface area contributed by atoms with Crippen LogP contribution in [0.4, 0.5) is 0 Å². The number of carbonyl (C=O) groups excluding carboxylic acids is 1. The minimum Gasteiger partial charge on any atom is -0.480 e. The highest BCUT2D eigenvalue weighted by atomic mass is 16.4. The first-order valence-electron chi connectivity index (χ1n) is 3.36. The van der Waals surface area contributed by atoms with Gasteiger partial charge < -0.3 is 10.8 Å². The van der Waals surface area contributed by atoms with Gasteiger partial charge in [0.05, 0.1) is 0 Å². The molecule has 11 heavy (non-hydrogen) atoms. The summed E-state index contributed by atoms with van der Waals surface area (Å²) in [5.74, 6) is -2.25. The lowest BCUT2D eigenvalue weighted by Crippen LogP contribution is -2.45. The molecule has 0 radical (unpaired) electrons. The van der Waals surface area contributed by atoms with Crippen molar-refractivity contribution < 1.29 is 14.7 Å². The van der Waals surface area contributed by atoms with Crippen molar-refractivity contribution in [2.75, 3.05) is 0 Å². The molecule has 4 heteroatoms. The van der Waals surface area contributed by atoms with Crippen LogP contribution in [0.25, 0.3) is 0 Å². The molecule has 0 aromatic rings. The van der Waals surface area contributed by atoms with Crippen molar-refractivity contribution in [1.29, 1.82) is 0 Å². The number of carboxylic acids is 1. The van der Waals surface area contributed by atoms with Gasteiger partial charge in [0.25, 0.3) is 0 Å². The van der Waals surface area contributed by atoms with Gasteiger partial charge in [0, 0.05) is 0 Å². The molecule has 1 atom stereocenters. The lowest BCUT2D eigenvalue weighted by molar-refractivity contribution is -0.156. The molecule has 0 aliphatic heterocycles. The van der Waals surface area contributed by atoms with Crippen LogP contribution >= 0.6 is 0 Å². The Balaban J connectivity index is 4.82. The number of nitrogens with two attached hydrogens (primary N) is 1. The van der Waals surface area contributed by atoms with Crippen LogP contribution in [0.1, 0.15) is 20.8 Å². The molecule has 4 nitrogen and oxygen atoms in total.